The van der Waals surface area contributed by atoms with E-state index < -0.39 is 0 Å². The minimum absolute atomic E-state index is 0.00800. The Hall–Kier alpha value is -3.55. The van der Waals surface area contributed by atoms with Gasteiger partial charge in [0, 0.05) is 37.4 Å². The molecule has 1 aromatic carbocycles. The van der Waals surface area contributed by atoms with Crippen LogP contribution in [0.1, 0.15) is 18.8 Å². The summed E-state index contributed by atoms with van der Waals surface area (Å²) in [6, 6.07) is 9.73. The lowest BCUT2D eigenvalue weighted by Gasteiger charge is -2.15. The van der Waals surface area contributed by atoms with Crippen LogP contribution in [0, 0.1) is 0 Å². The van der Waals surface area contributed by atoms with Crippen molar-refractivity contribution in [3.8, 4) is 23.1 Å². The molecule has 3 aromatic heterocycles. The van der Waals surface area contributed by atoms with Gasteiger partial charge in [-0.15, -0.1) is 10.2 Å². The number of benzene rings is 1. The van der Waals surface area contributed by atoms with E-state index >= 15 is 0 Å². The molecule has 0 radical (unpaired) electrons. The van der Waals surface area contributed by atoms with Gasteiger partial charge in [-0.25, -0.2) is 15.0 Å². The van der Waals surface area contributed by atoms with Crippen molar-refractivity contribution in [1.29, 1.82) is 0 Å². The largest absolute Gasteiger partial charge is 0.424 e. The van der Waals surface area contributed by atoms with Crippen molar-refractivity contribution in [3.05, 3.63) is 67.3 Å². The van der Waals surface area contributed by atoms with Gasteiger partial charge in [0.25, 0.3) is 0 Å². The van der Waals surface area contributed by atoms with Crippen LogP contribution in [0.3, 0.4) is 0 Å². The summed E-state index contributed by atoms with van der Waals surface area (Å²) in [6.07, 6.45) is 8.70. The monoisotopic (exact) mass is 347 g/mol. The van der Waals surface area contributed by atoms with Crippen molar-refractivity contribution < 1.29 is 4.74 Å². The normalized spacial score (nSPS) is 12.1. The second-order valence-corrected chi connectivity index (χ2v) is 5.79. The summed E-state index contributed by atoms with van der Waals surface area (Å²) in [4.78, 5) is 12.6. The van der Waals surface area contributed by atoms with Crippen LogP contribution in [0.15, 0.2) is 61.4 Å². The number of aromatic nitrogens is 7. The average Bonchev–Trinajstić information content (AvgIpc) is 3.32. The quantitative estimate of drug-likeness (QED) is 0.552. The van der Waals surface area contributed by atoms with E-state index in [4.69, 9.17) is 4.74 Å². The Morgan fingerprint density at radius 1 is 1.00 bits per heavy atom. The molecule has 0 saturated heterocycles. The van der Waals surface area contributed by atoms with Gasteiger partial charge in [-0.05, 0) is 37.3 Å². The number of rotatable bonds is 5. The molecule has 0 saturated carbocycles. The van der Waals surface area contributed by atoms with Crippen LogP contribution in [0.25, 0.3) is 11.4 Å². The number of hydrogen-bond acceptors (Lipinski definition) is 6. The maximum Gasteiger partial charge on any atom is 0.321 e. The molecule has 0 fully saturated rings. The van der Waals surface area contributed by atoms with Crippen LogP contribution in [-0.4, -0.2) is 34.3 Å². The molecule has 8 heteroatoms. The highest BCUT2D eigenvalue weighted by molar-refractivity contribution is 5.57. The number of ether oxygens (including phenoxy) is 1. The highest BCUT2D eigenvalue weighted by Crippen LogP contribution is 2.26. The van der Waals surface area contributed by atoms with Crippen molar-refractivity contribution in [3.63, 3.8) is 0 Å². The smallest absolute Gasteiger partial charge is 0.321 e. The van der Waals surface area contributed by atoms with Crippen LogP contribution in [0.4, 0.5) is 0 Å². The third kappa shape index (κ3) is 3.04. The Bertz CT molecular complexity index is 992. The van der Waals surface area contributed by atoms with Crippen LogP contribution in [0.5, 0.6) is 11.8 Å². The number of hydrogen-bond donors (Lipinski definition) is 0. The van der Waals surface area contributed by atoms with Crippen molar-refractivity contribution in [2.45, 2.75) is 13.0 Å². The Labute approximate surface area is 150 Å². The molecule has 1 atom stereocenters. The summed E-state index contributed by atoms with van der Waals surface area (Å²) in [7, 11) is 1.93. The lowest BCUT2D eigenvalue weighted by molar-refractivity contribution is 0.442. The molecule has 0 aliphatic rings. The van der Waals surface area contributed by atoms with Crippen molar-refractivity contribution >= 4 is 0 Å². The van der Waals surface area contributed by atoms with Gasteiger partial charge in [0.1, 0.15) is 17.9 Å². The Morgan fingerprint density at radius 3 is 2.46 bits per heavy atom. The fraction of sp³-hybridized carbons (Fsp3) is 0.167. The third-order valence-corrected chi connectivity index (χ3v) is 4.07. The van der Waals surface area contributed by atoms with Gasteiger partial charge in [-0.3, -0.25) is 0 Å². The highest BCUT2D eigenvalue weighted by atomic mass is 16.5. The zero-order valence-electron chi connectivity index (χ0n) is 14.4. The fourth-order valence-electron chi connectivity index (χ4n) is 2.76. The molecule has 0 aliphatic carbocycles. The molecule has 4 rings (SSSR count). The van der Waals surface area contributed by atoms with E-state index in [1.807, 2.05) is 42.1 Å². The topological polar surface area (TPSA) is 83.5 Å². The maximum atomic E-state index is 5.63. The molecule has 0 bridgehead atoms. The molecule has 0 N–H and O–H groups in total. The van der Waals surface area contributed by atoms with E-state index in [9.17, 15) is 0 Å². The summed E-state index contributed by atoms with van der Waals surface area (Å²) >= 11 is 0. The molecule has 0 aliphatic heterocycles. The fourth-order valence-corrected chi connectivity index (χ4v) is 2.76. The van der Waals surface area contributed by atoms with E-state index in [0.717, 1.165) is 17.2 Å². The average molecular weight is 347 g/mol. The molecule has 0 spiro atoms. The highest BCUT2D eigenvalue weighted by Gasteiger charge is 2.17. The Balaban J connectivity index is 1.59. The van der Waals surface area contributed by atoms with E-state index in [1.165, 1.54) is 0 Å². The van der Waals surface area contributed by atoms with Gasteiger partial charge >= 0.3 is 6.01 Å². The first-order chi connectivity index (χ1) is 12.7. The summed E-state index contributed by atoms with van der Waals surface area (Å²) in [6.45, 7) is 2.07. The number of aryl methyl sites for hydroxylation is 1. The van der Waals surface area contributed by atoms with Crippen molar-refractivity contribution in [2.75, 3.05) is 0 Å². The summed E-state index contributed by atoms with van der Waals surface area (Å²) in [5.41, 5.74) is 0.977. The third-order valence-electron chi connectivity index (χ3n) is 4.07. The molecule has 26 heavy (non-hydrogen) atoms. The first kappa shape index (κ1) is 15.9. The van der Waals surface area contributed by atoms with Crippen molar-refractivity contribution in [2.24, 2.45) is 7.05 Å². The number of nitrogens with zero attached hydrogens (tertiary/aromatic N) is 7. The summed E-state index contributed by atoms with van der Waals surface area (Å²) < 4.78 is 9.61. The predicted molar refractivity (Wildman–Crippen MR) is 94.6 cm³/mol. The molecule has 8 nitrogen and oxygen atoms in total. The standard InChI is InChI=1S/C18H17N7O/c1-13(16-23-22-12-24(16)2)25-11-10-19-17(25)14-4-6-15(7-5-14)26-18-20-8-3-9-21-18/h3-13H,1-2H3/t13-/m1/s1. The SMILES string of the molecule is C[C@H](c1nncn1C)n1ccnc1-c1ccc(Oc2ncccn2)cc1. The summed E-state index contributed by atoms with van der Waals surface area (Å²) in [5.74, 6) is 2.38. The maximum absolute atomic E-state index is 5.63. The lowest BCUT2D eigenvalue weighted by atomic mass is 10.2. The summed E-state index contributed by atoms with van der Waals surface area (Å²) in [5, 5.41) is 8.16. The lowest BCUT2D eigenvalue weighted by Crippen LogP contribution is -2.12. The first-order valence-corrected chi connectivity index (χ1v) is 8.14. The predicted octanol–water partition coefficient (Wildman–Crippen LogP) is 2.87. The van der Waals surface area contributed by atoms with Crippen LogP contribution in [-0.2, 0) is 7.05 Å². The van der Waals surface area contributed by atoms with Gasteiger partial charge in [0.05, 0.1) is 6.04 Å². The zero-order chi connectivity index (χ0) is 17.9. The Kier molecular flexibility index (Phi) is 4.14. The van der Waals surface area contributed by atoms with Crippen molar-refractivity contribution in [1.82, 2.24) is 34.3 Å². The van der Waals surface area contributed by atoms with Crippen LogP contribution in [0.2, 0.25) is 0 Å². The van der Waals surface area contributed by atoms with E-state index in [-0.39, 0.29) is 6.04 Å². The van der Waals surface area contributed by atoms with Gasteiger partial charge in [0.15, 0.2) is 5.82 Å². The van der Waals surface area contributed by atoms with E-state index in [2.05, 4.69) is 36.6 Å². The number of imidazole rings is 1. The molecule has 0 unspecified atom stereocenters. The minimum atomic E-state index is 0.00800. The van der Waals surface area contributed by atoms with Gasteiger partial charge in [-0.1, -0.05) is 0 Å². The van der Waals surface area contributed by atoms with Gasteiger partial charge in [0.2, 0.25) is 0 Å². The molecule has 0 amide bonds. The minimum Gasteiger partial charge on any atom is -0.424 e. The molecular formula is C18H17N7O. The zero-order valence-corrected chi connectivity index (χ0v) is 14.4. The van der Waals surface area contributed by atoms with Gasteiger partial charge in [-0.2, -0.15) is 0 Å². The molecule has 3 heterocycles. The second kappa shape index (κ2) is 6.75. The first-order valence-electron chi connectivity index (χ1n) is 8.14. The van der Waals surface area contributed by atoms with Gasteiger partial charge < -0.3 is 13.9 Å². The molecule has 130 valence electrons. The molecular weight excluding hydrogens is 330 g/mol. The Morgan fingerprint density at radius 2 is 1.77 bits per heavy atom. The van der Waals surface area contributed by atoms with Crippen LogP contribution < -0.4 is 4.74 Å². The second-order valence-electron chi connectivity index (χ2n) is 5.79. The van der Waals surface area contributed by atoms with Crippen LogP contribution >= 0.6 is 0 Å². The van der Waals surface area contributed by atoms with E-state index in [0.29, 0.717) is 11.8 Å². The van der Waals surface area contributed by atoms with E-state index in [1.54, 1.807) is 31.0 Å². The molecule has 4 aromatic rings.